The fourth-order valence-electron chi connectivity index (χ4n) is 10.7. The van der Waals surface area contributed by atoms with E-state index in [0.717, 1.165) is 119 Å². The molecule has 324 valence electrons. The molecule has 3 unspecified atom stereocenters. The normalized spacial score (nSPS) is 30.0. The van der Waals surface area contributed by atoms with Crippen LogP contribution in [0.25, 0.3) is 0 Å². The minimum absolute atomic E-state index is 0.0400. The van der Waals surface area contributed by atoms with Crippen LogP contribution in [0, 0.1) is 11.3 Å². The van der Waals surface area contributed by atoms with Crippen LogP contribution in [0.15, 0.2) is 53.6 Å². The van der Waals surface area contributed by atoms with E-state index in [9.17, 15) is 14.4 Å². The maximum atomic E-state index is 13.4. The van der Waals surface area contributed by atoms with Gasteiger partial charge in [0.05, 0.1) is 48.4 Å². The van der Waals surface area contributed by atoms with Crippen molar-refractivity contribution in [1.82, 2.24) is 30.5 Å². The van der Waals surface area contributed by atoms with E-state index in [1.54, 1.807) is 18.3 Å². The van der Waals surface area contributed by atoms with Gasteiger partial charge in [-0.15, -0.1) is 0 Å². The van der Waals surface area contributed by atoms with E-state index in [1.165, 1.54) is 12.8 Å². The first kappa shape index (κ1) is 40.1. The van der Waals surface area contributed by atoms with Gasteiger partial charge in [-0.3, -0.25) is 30.0 Å². The molecule has 1 aromatic carbocycles. The van der Waals surface area contributed by atoms with Crippen molar-refractivity contribution in [3.8, 4) is 5.75 Å². The number of anilines is 2. The van der Waals surface area contributed by atoms with Gasteiger partial charge in [-0.1, -0.05) is 0 Å². The van der Waals surface area contributed by atoms with E-state index in [-0.39, 0.29) is 41.4 Å². The van der Waals surface area contributed by atoms with Crippen LogP contribution in [0.2, 0.25) is 0 Å². The van der Waals surface area contributed by atoms with Gasteiger partial charge in [-0.25, -0.2) is 9.97 Å². The molecule has 15 heteroatoms. The SMILES string of the molecule is COc1c(N2CCN(CC3CCC(OC4CCN(c5cc(C6NN=C7C=CC(OC8(C)CC8)=CC76C)ncn5)CC4)CC3)CC2)ccc2c1CN(C1CCC(=O)NC1=O)C2=O. The van der Waals surface area contributed by atoms with Crippen LogP contribution < -0.4 is 25.3 Å². The lowest BCUT2D eigenvalue weighted by Gasteiger charge is -2.40. The van der Waals surface area contributed by atoms with Crippen molar-refractivity contribution in [3.63, 3.8) is 0 Å². The van der Waals surface area contributed by atoms with Gasteiger partial charge in [0.25, 0.3) is 5.91 Å². The Bertz CT molecular complexity index is 2150. The number of carbonyl (C=O) groups excluding carboxylic acids is 3. The fraction of sp³-hybridized carbons (Fsp3) is 0.609. The third kappa shape index (κ3) is 7.88. The highest BCUT2D eigenvalue weighted by Crippen LogP contribution is 2.47. The second kappa shape index (κ2) is 16.0. The van der Waals surface area contributed by atoms with E-state index in [2.05, 4.69) is 62.6 Å². The van der Waals surface area contributed by atoms with Gasteiger partial charge in [-0.05, 0) is 108 Å². The molecule has 3 saturated heterocycles. The summed E-state index contributed by atoms with van der Waals surface area (Å²) in [5.74, 6) is 2.38. The maximum Gasteiger partial charge on any atom is 0.255 e. The Morgan fingerprint density at radius 3 is 2.38 bits per heavy atom. The van der Waals surface area contributed by atoms with Gasteiger partial charge in [0, 0.05) is 69.4 Å². The van der Waals surface area contributed by atoms with Gasteiger partial charge in [0.2, 0.25) is 11.8 Å². The molecule has 3 aliphatic carbocycles. The second-order valence-corrected chi connectivity index (χ2v) is 18.9. The van der Waals surface area contributed by atoms with Crippen LogP contribution >= 0.6 is 0 Å². The number of hydrazone groups is 1. The second-order valence-electron chi connectivity index (χ2n) is 18.9. The van der Waals surface area contributed by atoms with Gasteiger partial charge < -0.3 is 28.9 Å². The number of amides is 3. The van der Waals surface area contributed by atoms with Crippen LogP contribution in [0.3, 0.4) is 0 Å². The molecule has 8 aliphatic rings. The lowest BCUT2D eigenvalue weighted by Crippen LogP contribution is -2.52. The first-order valence-corrected chi connectivity index (χ1v) is 22.5. The molecular weight excluding hydrogens is 775 g/mol. The summed E-state index contributed by atoms with van der Waals surface area (Å²) >= 11 is 0. The molecule has 61 heavy (non-hydrogen) atoms. The molecule has 10 rings (SSSR count). The van der Waals surface area contributed by atoms with Crippen molar-refractivity contribution in [3.05, 3.63) is 65.3 Å². The molecule has 6 heterocycles. The number of allylic oxidation sites excluding steroid dienone is 2. The molecule has 15 nitrogen and oxygen atoms in total. The number of fused-ring (bicyclic) bond motifs is 2. The molecule has 5 aliphatic heterocycles. The first-order valence-electron chi connectivity index (χ1n) is 22.5. The quantitative estimate of drug-likeness (QED) is 0.304. The Morgan fingerprint density at radius 2 is 1.64 bits per heavy atom. The Hall–Kier alpha value is -5.02. The number of hydrogen-bond acceptors (Lipinski definition) is 13. The number of piperidine rings is 2. The molecule has 2 N–H and O–H groups in total. The number of benzene rings is 1. The molecule has 0 spiro atoms. The Morgan fingerprint density at radius 1 is 0.869 bits per heavy atom. The number of nitrogens with zero attached hydrogens (tertiary/aromatic N) is 7. The van der Waals surface area contributed by atoms with E-state index in [0.29, 0.717) is 36.3 Å². The molecule has 5 fully saturated rings. The molecule has 3 atom stereocenters. The average molecular weight is 834 g/mol. The number of rotatable bonds is 11. The zero-order valence-electron chi connectivity index (χ0n) is 35.7. The number of piperazine rings is 1. The highest BCUT2D eigenvalue weighted by atomic mass is 16.5. The van der Waals surface area contributed by atoms with Crippen LogP contribution in [-0.4, -0.2) is 120 Å². The summed E-state index contributed by atoms with van der Waals surface area (Å²) in [5.41, 5.74) is 7.29. The lowest BCUT2D eigenvalue weighted by molar-refractivity contribution is -0.136. The Kier molecular flexibility index (Phi) is 10.5. The average Bonchev–Trinajstić information content (AvgIpc) is 3.75. The van der Waals surface area contributed by atoms with E-state index < -0.39 is 11.9 Å². The lowest BCUT2D eigenvalue weighted by atomic mass is 9.75. The molecule has 2 saturated carbocycles. The zero-order chi connectivity index (χ0) is 41.9. The summed E-state index contributed by atoms with van der Waals surface area (Å²) < 4.78 is 19.0. The van der Waals surface area contributed by atoms with Gasteiger partial charge in [0.1, 0.15) is 41.3 Å². The highest BCUT2D eigenvalue weighted by Gasteiger charge is 2.47. The number of aromatic nitrogens is 2. The van der Waals surface area contributed by atoms with Crippen molar-refractivity contribution in [2.24, 2.45) is 16.4 Å². The molecular formula is C46H59N9O6. The van der Waals surface area contributed by atoms with Gasteiger partial charge >= 0.3 is 0 Å². The van der Waals surface area contributed by atoms with Crippen LogP contribution in [0.1, 0.15) is 106 Å². The first-order chi connectivity index (χ1) is 29.6. The minimum atomic E-state index is -0.646. The Labute approximate surface area is 357 Å². The fourth-order valence-corrected chi connectivity index (χ4v) is 10.7. The smallest absolute Gasteiger partial charge is 0.255 e. The predicted octanol–water partition coefficient (Wildman–Crippen LogP) is 4.64. The summed E-state index contributed by atoms with van der Waals surface area (Å²) in [6.07, 6.45) is 18.0. The summed E-state index contributed by atoms with van der Waals surface area (Å²) in [6.45, 7) is 11.3. The number of carbonyl (C=O) groups is 3. The van der Waals surface area contributed by atoms with Gasteiger partial charge in [-0.2, -0.15) is 5.10 Å². The van der Waals surface area contributed by atoms with E-state index in [1.807, 2.05) is 18.2 Å². The third-order valence-electron chi connectivity index (χ3n) is 14.6. The number of methoxy groups -OCH3 is 1. The Balaban J connectivity index is 0.668. The zero-order valence-corrected chi connectivity index (χ0v) is 35.7. The van der Waals surface area contributed by atoms with Crippen molar-refractivity contribution in [2.75, 3.05) is 62.7 Å². The van der Waals surface area contributed by atoms with Crippen molar-refractivity contribution in [1.29, 1.82) is 0 Å². The molecule has 1 aromatic heterocycles. The number of imide groups is 1. The molecule has 0 radical (unpaired) electrons. The van der Waals surface area contributed by atoms with Crippen LogP contribution in [-0.2, 0) is 25.6 Å². The minimum Gasteiger partial charge on any atom is -0.494 e. The van der Waals surface area contributed by atoms with E-state index in [4.69, 9.17) is 24.2 Å². The van der Waals surface area contributed by atoms with Gasteiger partial charge in [0.15, 0.2) is 0 Å². The van der Waals surface area contributed by atoms with Crippen molar-refractivity contribution >= 4 is 34.9 Å². The molecule has 2 aromatic rings. The number of ether oxygens (including phenoxy) is 3. The maximum absolute atomic E-state index is 13.4. The number of nitrogens with one attached hydrogen (secondary N) is 2. The largest absolute Gasteiger partial charge is 0.494 e. The third-order valence-corrected chi connectivity index (χ3v) is 14.6. The molecule has 3 amide bonds. The van der Waals surface area contributed by atoms with Crippen molar-refractivity contribution in [2.45, 2.75) is 114 Å². The monoisotopic (exact) mass is 833 g/mol. The summed E-state index contributed by atoms with van der Waals surface area (Å²) in [4.78, 5) is 56.0. The van der Waals surface area contributed by atoms with Crippen LogP contribution in [0.5, 0.6) is 5.75 Å². The van der Waals surface area contributed by atoms with E-state index >= 15 is 0 Å². The number of hydrogen-bond donors (Lipinski definition) is 2. The summed E-state index contributed by atoms with van der Waals surface area (Å²) in [5, 5.41) is 7.06. The standard InChI is InChI=1S/C46H59N9O6/c1-45(16-17-45)61-32-8-12-38-46(2,25-32)42(51-50-38)35-24-39(48-28-47-35)54-18-14-31(15-19-54)60-30-6-4-29(5-7-30)26-52-20-22-53(23-21-52)36-10-9-33-34(41(36)59-3)27-55(44(33)58)37-11-13-40(56)49-43(37)57/h8-10,12,24-25,28-31,37,42,51H,4-7,11,13-23,26-27H2,1-3H3,(H,49,56,57). The molecule has 0 bridgehead atoms. The predicted molar refractivity (Wildman–Crippen MR) is 229 cm³/mol. The highest BCUT2D eigenvalue weighted by molar-refractivity contribution is 6.06. The topological polar surface area (TPSA) is 154 Å². The van der Waals surface area contributed by atoms with Crippen molar-refractivity contribution < 1.29 is 28.6 Å². The summed E-state index contributed by atoms with van der Waals surface area (Å²) in [6, 6.07) is 5.25. The van der Waals surface area contributed by atoms with Crippen LogP contribution in [0.4, 0.5) is 11.5 Å². The summed E-state index contributed by atoms with van der Waals surface area (Å²) in [7, 11) is 1.65.